The van der Waals surface area contributed by atoms with Crippen molar-refractivity contribution in [1.29, 1.82) is 0 Å². The van der Waals surface area contributed by atoms with Crippen molar-refractivity contribution in [2.45, 2.75) is 38.4 Å². The zero-order chi connectivity index (χ0) is 8.69. The van der Waals surface area contributed by atoms with E-state index in [0.29, 0.717) is 4.83 Å². The van der Waals surface area contributed by atoms with Crippen molar-refractivity contribution in [3.05, 3.63) is 0 Å². The van der Waals surface area contributed by atoms with Gasteiger partial charge in [-0.3, -0.25) is 0 Å². The standard InChI is InChI=1S/C9H20BrN/c1-4-9(10)5-6-11-7-8(2)3/h8-9,11H,4-7H2,1-3H3. The van der Waals surface area contributed by atoms with Gasteiger partial charge in [0.1, 0.15) is 0 Å². The number of halogens is 1. The van der Waals surface area contributed by atoms with Gasteiger partial charge in [-0.1, -0.05) is 36.7 Å². The second-order valence-electron chi connectivity index (χ2n) is 3.39. The molecular weight excluding hydrogens is 202 g/mol. The lowest BCUT2D eigenvalue weighted by atomic mass is 10.2. The molecule has 1 N–H and O–H groups in total. The maximum absolute atomic E-state index is 3.60. The molecule has 0 amide bonds. The van der Waals surface area contributed by atoms with Gasteiger partial charge in [-0.15, -0.1) is 0 Å². The molecule has 1 unspecified atom stereocenters. The van der Waals surface area contributed by atoms with E-state index in [0.717, 1.165) is 19.0 Å². The van der Waals surface area contributed by atoms with Crippen molar-refractivity contribution in [1.82, 2.24) is 5.32 Å². The van der Waals surface area contributed by atoms with E-state index in [9.17, 15) is 0 Å². The van der Waals surface area contributed by atoms with Crippen molar-refractivity contribution < 1.29 is 0 Å². The lowest BCUT2D eigenvalue weighted by molar-refractivity contribution is 0.538. The summed E-state index contributed by atoms with van der Waals surface area (Å²) in [5, 5.41) is 3.42. The summed E-state index contributed by atoms with van der Waals surface area (Å²) in [6, 6.07) is 0. The molecular formula is C9H20BrN. The highest BCUT2D eigenvalue weighted by Gasteiger charge is 1.99. The predicted octanol–water partition coefficient (Wildman–Crippen LogP) is 2.80. The SMILES string of the molecule is CCC(Br)CCNCC(C)C. The van der Waals surface area contributed by atoms with E-state index in [1.807, 2.05) is 0 Å². The first-order valence-corrected chi connectivity index (χ1v) is 5.43. The Morgan fingerprint density at radius 3 is 2.45 bits per heavy atom. The molecule has 0 radical (unpaired) electrons. The molecule has 0 bridgehead atoms. The fraction of sp³-hybridized carbons (Fsp3) is 1.00. The van der Waals surface area contributed by atoms with Gasteiger partial charge in [0.15, 0.2) is 0 Å². The highest BCUT2D eigenvalue weighted by atomic mass is 79.9. The lowest BCUT2D eigenvalue weighted by Crippen LogP contribution is -2.22. The van der Waals surface area contributed by atoms with Crippen molar-refractivity contribution in [3.63, 3.8) is 0 Å². The van der Waals surface area contributed by atoms with Gasteiger partial charge in [0.2, 0.25) is 0 Å². The number of hydrogen-bond donors (Lipinski definition) is 1. The molecule has 0 fully saturated rings. The Hall–Kier alpha value is 0.440. The van der Waals surface area contributed by atoms with E-state index in [1.165, 1.54) is 12.8 Å². The fourth-order valence-electron chi connectivity index (χ4n) is 0.854. The smallest absolute Gasteiger partial charge is 0.0155 e. The highest BCUT2D eigenvalue weighted by molar-refractivity contribution is 9.09. The van der Waals surface area contributed by atoms with Gasteiger partial charge in [-0.2, -0.15) is 0 Å². The lowest BCUT2D eigenvalue weighted by Gasteiger charge is -2.09. The first-order chi connectivity index (χ1) is 5.16. The Kier molecular flexibility index (Phi) is 7.39. The predicted molar refractivity (Wildman–Crippen MR) is 55.3 cm³/mol. The third-order valence-corrected chi connectivity index (χ3v) is 2.74. The summed E-state index contributed by atoms with van der Waals surface area (Å²) >= 11 is 3.60. The second kappa shape index (κ2) is 7.11. The van der Waals surface area contributed by atoms with Crippen LogP contribution in [-0.2, 0) is 0 Å². The maximum Gasteiger partial charge on any atom is 0.0155 e. The molecule has 0 saturated heterocycles. The Bertz CT molecular complexity index is 83.6. The first-order valence-electron chi connectivity index (χ1n) is 4.51. The van der Waals surface area contributed by atoms with Crippen LogP contribution in [0.25, 0.3) is 0 Å². The van der Waals surface area contributed by atoms with Gasteiger partial charge in [-0.05, 0) is 31.8 Å². The van der Waals surface area contributed by atoms with Crippen LogP contribution in [0, 0.1) is 5.92 Å². The Morgan fingerprint density at radius 1 is 1.36 bits per heavy atom. The van der Waals surface area contributed by atoms with Crippen LogP contribution < -0.4 is 5.32 Å². The van der Waals surface area contributed by atoms with E-state index in [4.69, 9.17) is 0 Å². The summed E-state index contributed by atoms with van der Waals surface area (Å²) in [5.74, 6) is 0.769. The van der Waals surface area contributed by atoms with Crippen LogP contribution in [0.15, 0.2) is 0 Å². The third kappa shape index (κ3) is 8.35. The minimum atomic E-state index is 0.696. The molecule has 0 aromatic heterocycles. The van der Waals surface area contributed by atoms with Crippen LogP contribution in [0.5, 0.6) is 0 Å². The van der Waals surface area contributed by atoms with Gasteiger partial charge >= 0.3 is 0 Å². The zero-order valence-corrected chi connectivity index (χ0v) is 9.45. The average molecular weight is 222 g/mol. The summed E-state index contributed by atoms with van der Waals surface area (Å²) in [5.41, 5.74) is 0. The van der Waals surface area contributed by atoms with Gasteiger partial charge in [-0.25, -0.2) is 0 Å². The second-order valence-corrected chi connectivity index (χ2v) is 4.69. The average Bonchev–Trinajstić information content (AvgIpc) is 1.97. The summed E-state index contributed by atoms with van der Waals surface area (Å²) in [6.45, 7) is 8.96. The van der Waals surface area contributed by atoms with Gasteiger partial charge in [0, 0.05) is 4.83 Å². The van der Waals surface area contributed by atoms with E-state index < -0.39 is 0 Å². The molecule has 0 saturated carbocycles. The van der Waals surface area contributed by atoms with Crippen molar-refractivity contribution in [2.75, 3.05) is 13.1 Å². The van der Waals surface area contributed by atoms with Crippen LogP contribution in [0.1, 0.15) is 33.6 Å². The summed E-state index contributed by atoms with van der Waals surface area (Å²) < 4.78 is 0. The molecule has 0 aliphatic rings. The maximum atomic E-state index is 3.60. The number of rotatable bonds is 6. The molecule has 0 aliphatic heterocycles. The molecule has 0 aromatic carbocycles. The normalized spacial score (nSPS) is 13.9. The number of hydrogen-bond acceptors (Lipinski definition) is 1. The molecule has 2 heteroatoms. The number of nitrogens with one attached hydrogen (secondary N) is 1. The molecule has 0 rings (SSSR count). The van der Waals surface area contributed by atoms with Crippen molar-refractivity contribution >= 4 is 15.9 Å². The minimum Gasteiger partial charge on any atom is -0.316 e. The Labute approximate surface area is 79.1 Å². The zero-order valence-electron chi connectivity index (χ0n) is 7.86. The molecule has 0 aliphatic carbocycles. The minimum absolute atomic E-state index is 0.696. The van der Waals surface area contributed by atoms with Crippen LogP contribution >= 0.6 is 15.9 Å². The van der Waals surface area contributed by atoms with Crippen LogP contribution in [-0.4, -0.2) is 17.9 Å². The third-order valence-electron chi connectivity index (χ3n) is 1.63. The van der Waals surface area contributed by atoms with E-state index in [-0.39, 0.29) is 0 Å². The van der Waals surface area contributed by atoms with Crippen molar-refractivity contribution in [2.24, 2.45) is 5.92 Å². The van der Waals surface area contributed by atoms with Crippen molar-refractivity contribution in [3.8, 4) is 0 Å². The molecule has 0 heterocycles. The van der Waals surface area contributed by atoms with Crippen LogP contribution in [0.4, 0.5) is 0 Å². The van der Waals surface area contributed by atoms with Gasteiger partial charge in [0.25, 0.3) is 0 Å². The van der Waals surface area contributed by atoms with Gasteiger partial charge < -0.3 is 5.32 Å². The largest absolute Gasteiger partial charge is 0.316 e. The monoisotopic (exact) mass is 221 g/mol. The Morgan fingerprint density at radius 2 is 2.00 bits per heavy atom. The van der Waals surface area contributed by atoms with Crippen LogP contribution in [0.2, 0.25) is 0 Å². The van der Waals surface area contributed by atoms with Crippen LogP contribution in [0.3, 0.4) is 0 Å². The summed E-state index contributed by atoms with van der Waals surface area (Å²) in [6.07, 6.45) is 2.46. The van der Waals surface area contributed by atoms with E-state index in [2.05, 4.69) is 42.0 Å². The molecule has 0 aromatic rings. The fourth-order valence-corrected chi connectivity index (χ4v) is 1.08. The molecule has 0 spiro atoms. The summed E-state index contributed by atoms with van der Waals surface area (Å²) in [7, 11) is 0. The molecule has 1 atom stereocenters. The first kappa shape index (κ1) is 11.4. The summed E-state index contributed by atoms with van der Waals surface area (Å²) in [4.78, 5) is 0.696. The molecule has 11 heavy (non-hydrogen) atoms. The van der Waals surface area contributed by atoms with Gasteiger partial charge in [0.05, 0.1) is 0 Å². The highest BCUT2D eigenvalue weighted by Crippen LogP contribution is 2.07. The molecule has 68 valence electrons. The quantitative estimate of drug-likeness (QED) is 0.538. The van der Waals surface area contributed by atoms with E-state index in [1.54, 1.807) is 0 Å². The number of alkyl halides is 1. The van der Waals surface area contributed by atoms with E-state index >= 15 is 0 Å². The topological polar surface area (TPSA) is 12.0 Å². The Balaban J connectivity index is 3.01. The molecule has 1 nitrogen and oxygen atoms in total.